The van der Waals surface area contributed by atoms with Crippen molar-refractivity contribution >= 4 is 49.7 Å². The van der Waals surface area contributed by atoms with Gasteiger partial charge >= 0.3 is 0 Å². The summed E-state index contributed by atoms with van der Waals surface area (Å²) in [5.74, 6) is -0.263. The summed E-state index contributed by atoms with van der Waals surface area (Å²) in [6, 6.07) is -0.144. The van der Waals surface area contributed by atoms with Gasteiger partial charge in [-0.05, 0) is 22.0 Å². The molecule has 0 bridgehead atoms. The molecule has 1 N–H and O–H groups in total. The zero-order valence-electron chi connectivity index (χ0n) is 5.64. The van der Waals surface area contributed by atoms with Gasteiger partial charge < -0.3 is 0 Å². The zero-order chi connectivity index (χ0) is 8.72. The molecule has 0 aromatic rings. The zero-order valence-corrected chi connectivity index (χ0v) is 9.63. The van der Waals surface area contributed by atoms with Gasteiger partial charge in [-0.15, -0.1) is 0 Å². The molecule has 0 amide bonds. The molecule has 0 aromatic carbocycles. The van der Waals surface area contributed by atoms with Crippen molar-refractivity contribution in [3.05, 3.63) is 20.9 Å². The smallest absolute Gasteiger partial charge is 0.136 e. The number of nitrogens with one attached hydrogen (secondary N) is 1. The van der Waals surface area contributed by atoms with Crippen LogP contribution >= 0.6 is 44.0 Å². The van der Waals surface area contributed by atoms with E-state index in [2.05, 4.69) is 41.0 Å². The Morgan fingerprint density at radius 2 is 2.33 bits per heavy atom. The number of allylic oxidation sites excluding steroid dienone is 2. The number of halogens is 3. The number of hydrogen-bond donors (Lipinski definition) is 1. The van der Waals surface area contributed by atoms with Crippen LogP contribution in [0.3, 0.4) is 0 Å². The van der Waals surface area contributed by atoms with Gasteiger partial charge in [-0.25, -0.2) is 13.5 Å². The van der Waals surface area contributed by atoms with Gasteiger partial charge in [0.1, 0.15) is 5.83 Å². The van der Waals surface area contributed by atoms with Crippen LogP contribution in [0.5, 0.6) is 0 Å². The lowest BCUT2D eigenvalue weighted by Gasteiger charge is -2.15. The van der Waals surface area contributed by atoms with E-state index in [0.717, 1.165) is 5.71 Å². The lowest BCUT2D eigenvalue weighted by atomic mass is 10.1. The Hall–Kier alpha value is 0.350. The molecule has 64 valence electrons. The van der Waals surface area contributed by atoms with Crippen LogP contribution in [0.2, 0.25) is 0 Å². The third-order valence-corrected chi connectivity index (χ3v) is 3.67. The van der Waals surface area contributed by atoms with Crippen LogP contribution in [0.4, 0.5) is 4.39 Å². The van der Waals surface area contributed by atoms with Gasteiger partial charge in [0.15, 0.2) is 0 Å². The average Bonchev–Trinajstić information content (AvgIpc) is 2.48. The minimum absolute atomic E-state index is 0.144. The quantitative estimate of drug-likeness (QED) is 0.695. The average molecular weight is 314 g/mol. The summed E-state index contributed by atoms with van der Waals surface area (Å²) in [6.45, 7) is 0. The van der Waals surface area contributed by atoms with E-state index in [0.29, 0.717) is 8.96 Å². The van der Waals surface area contributed by atoms with Gasteiger partial charge in [0.2, 0.25) is 0 Å². The third kappa shape index (κ3) is 1.30. The number of hydrogen-bond acceptors (Lipinski definition) is 3. The van der Waals surface area contributed by atoms with Gasteiger partial charge in [-0.2, -0.15) is 0 Å². The summed E-state index contributed by atoms with van der Waals surface area (Å²) in [5.41, 5.74) is 0.827. The first kappa shape index (κ1) is 8.93. The molecule has 0 saturated heterocycles. The first-order valence-electron chi connectivity index (χ1n) is 3.12. The molecule has 0 fully saturated rings. The van der Waals surface area contributed by atoms with Crippen molar-refractivity contribution in [2.45, 2.75) is 6.04 Å². The molecule has 0 radical (unpaired) electrons. The Labute approximate surface area is 89.9 Å². The SMILES string of the molecule is FC1=C(Br)C2NSN=C2C(Br)=C1. The monoisotopic (exact) mass is 312 g/mol. The number of nitrogens with zero attached hydrogens (tertiary/aromatic N) is 1. The molecule has 0 saturated carbocycles. The highest BCUT2D eigenvalue weighted by molar-refractivity contribution is 9.12. The largest absolute Gasteiger partial charge is 0.230 e. The second-order valence-corrected chi connectivity index (χ2v) is 4.62. The van der Waals surface area contributed by atoms with Crippen molar-refractivity contribution < 1.29 is 4.39 Å². The summed E-state index contributed by atoms with van der Waals surface area (Å²) < 4.78 is 21.4. The molecule has 0 aromatic heterocycles. The summed E-state index contributed by atoms with van der Waals surface area (Å²) >= 11 is 7.64. The van der Waals surface area contributed by atoms with Crippen molar-refractivity contribution in [1.29, 1.82) is 0 Å². The molecule has 2 rings (SSSR count). The van der Waals surface area contributed by atoms with E-state index in [4.69, 9.17) is 0 Å². The van der Waals surface area contributed by atoms with Gasteiger partial charge in [0, 0.05) is 4.48 Å². The molecule has 2 aliphatic rings. The van der Waals surface area contributed by atoms with Crippen molar-refractivity contribution in [3.63, 3.8) is 0 Å². The first-order chi connectivity index (χ1) is 5.70. The standard InChI is InChI=1S/C6H3Br2FN2S/c7-2-1-3(9)4(8)6-5(2)10-12-11-6/h1,6,11H. The van der Waals surface area contributed by atoms with Crippen molar-refractivity contribution in [2.24, 2.45) is 4.40 Å². The fourth-order valence-corrected chi connectivity index (χ4v) is 2.90. The van der Waals surface area contributed by atoms with E-state index in [1.54, 1.807) is 0 Å². The van der Waals surface area contributed by atoms with Crippen LogP contribution in [0.15, 0.2) is 25.3 Å². The van der Waals surface area contributed by atoms with Gasteiger partial charge in [-0.1, -0.05) is 15.9 Å². The molecule has 1 unspecified atom stereocenters. The molecule has 2 nitrogen and oxygen atoms in total. The second kappa shape index (κ2) is 3.25. The van der Waals surface area contributed by atoms with Gasteiger partial charge in [-0.3, -0.25) is 0 Å². The topological polar surface area (TPSA) is 24.4 Å². The molecular formula is C6H3Br2FN2S. The highest BCUT2D eigenvalue weighted by atomic mass is 79.9. The van der Waals surface area contributed by atoms with Crippen LogP contribution in [-0.4, -0.2) is 11.8 Å². The Balaban J connectivity index is 2.48. The molecule has 12 heavy (non-hydrogen) atoms. The molecule has 1 heterocycles. The van der Waals surface area contributed by atoms with E-state index >= 15 is 0 Å². The van der Waals surface area contributed by atoms with Crippen molar-refractivity contribution in [3.8, 4) is 0 Å². The van der Waals surface area contributed by atoms with Crippen molar-refractivity contribution in [2.75, 3.05) is 0 Å². The summed E-state index contributed by atoms with van der Waals surface area (Å²) in [5, 5.41) is 0. The molecule has 1 aliphatic heterocycles. The Morgan fingerprint density at radius 3 is 3.08 bits per heavy atom. The first-order valence-corrected chi connectivity index (χ1v) is 5.48. The van der Waals surface area contributed by atoms with E-state index in [1.165, 1.54) is 18.2 Å². The van der Waals surface area contributed by atoms with Crippen LogP contribution in [-0.2, 0) is 0 Å². The van der Waals surface area contributed by atoms with Crippen LogP contribution < -0.4 is 4.72 Å². The molecule has 0 spiro atoms. The minimum Gasteiger partial charge on any atom is -0.230 e. The lowest BCUT2D eigenvalue weighted by Crippen LogP contribution is -2.30. The maximum Gasteiger partial charge on any atom is 0.136 e. The van der Waals surface area contributed by atoms with E-state index in [-0.39, 0.29) is 11.9 Å². The Bertz CT molecular complexity index is 324. The van der Waals surface area contributed by atoms with Crippen LogP contribution in [0, 0.1) is 0 Å². The third-order valence-electron chi connectivity index (χ3n) is 1.57. The molecule has 1 aliphatic carbocycles. The van der Waals surface area contributed by atoms with Crippen LogP contribution in [0.25, 0.3) is 0 Å². The predicted molar refractivity (Wildman–Crippen MR) is 56.0 cm³/mol. The summed E-state index contributed by atoms with van der Waals surface area (Å²) in [4.78, 5) is 0. The minimum atomic E-state index is -0.263. The van der Waals surface area contributed by atoms with E-state index in [9.17, 15) is 4.39 Å². The number of rotatable bonds is 0. The van der Waals surface area contributed by atoms with E-state index in [1.807, 2.05) is 0 Å². The van der Waals surface area contributed by atoms with E-state index < -0.39 is 0 Å². The normalized spacial score (nSPS) is 28.4. The van der Waals surface area contributed by atoms with Crippen molar-refractivity contribution in [1.82, 2.24) is 4.72 Å². The maximum atomic E-state index is 13.1. The Morgan fingerprint density at radius 1 is 1.58 bits per heavy atom. The van der Waals surface area contributed by atoms with Gasteiger partial charge in [0.25, 0.3) is 0 Å². The second-order valence-electron chi connectivity index (χ2n) is 2.31. The maximum absolute atomic E-state index is 13.1. The van der Waals surface area contributed by atoms with Crippen LogP contribution in [0.1, 0.15) is 0 Å². The number of fused-ring (bicyclic) bond motifs is 1. The van der Waals surface area contributed by atoms with Gasteiger partial charge in [0.05, 0.1) is 28.4 Å². The summed E-state index contributed by atoms with van der Waals surface area (Å²) in [7, 11) is 0. The summed E-state index contributed by atoms with van der Waals surface area (Å²) in [6.07, 6.45) is 1.41. The fraction of sp³-hybridized carbons (Fsp3) is 0.167. The molecule has 1 atom stereocenters. The lowest BCUT2D eigenvalue weighted by molar-refractivity contribution is 0.653. The highest BCUT2D eigenvalue weighted by Crippen LogP contribution is 2.34. The predicted octanol–water partition coefficient (Wildman–Crippen LogP) is 2.83. The molecular weight excluding hydrogens is 311 g/mol. The fourth-order valence-electron chi connectivity index (χ4n) is 0.982. The molecule has 6 heteroatoms. The highest BCUT2D eigenvalue weighted by Gasteiger charge is 2.31. The Kier molecular flexibility index (Phi) is 2.42.